The zero-order valence-corrected chi connectivity index (χ0v) is 53.7. The van der Waals surface area contributed by atoms with Gasteiger partial charge in [-0.2, -0.15) is 4.58 Å². The first-order chi connectivity index (χ1) is 38.5. The molecule has 0 radical (unpaired) electrons. The fourth-order valence-electron chi connectivity index (χ4n) is 9.66. The van der Waals surface area contributed by atoms with Crippen LogP contribution in [0.5, 0.6) is 0 Å². The van der Waals surface area contributed by atoms with Gasteiger partial charge in [-0.1, -0.05) is 56.8 Å². The predicted molar refractivity (Wildman–Crippen MR) is 288 cm³/mol. The molecule has 1 fully saturated rings. The van der Waals surface area contributed by atoms with Crippen LogP contribution in [0, 0.1) is 11.8 Å². The number of rotatable bonds is 26. The molecule has 1 saturated heterocycles. The number of H-pyrrole nitrogens is 1. The zero-order valence-electron chi connectivity index (χ0n) is 49.4. The first kappa shape index (κ1) is 79.9. The standard InChI is InChI=1S/C50H65N6O22P3S2.4Li/c1-49(2)36-28-34(82(69,70)71)21-23-38(36)54(5)42(49)17-9-6-10-18-43-50(3,4)37-29-35(83(72,73)74)22-24-39(37)55(43)27-14-8-12-20-44(58)51-25-13-7-11-19-45(59)52-26-15-16-33-31-56(48(61)53-47(33)60)46-30-40(57)41(76-46)32-75-80(65,66)78-81(67,68)77-79(62,63)64;;;;/h6,9-10,17-18,21-24,28-29,31,40-41,46,57H,7-8,11-14,19-20,25-27,30,32H2,1-5H3,(H8-,51,52,53,58,59,60,61,62,63,64,65,66,67,68,69,70,71,72,73,74);;;;/q;4*+1/p-4/t40-,41+,46+;;;;/m0..../s1. The van der Waals surface area contributed by atoms with E-state index in [1.165, 1.54) is 24.3 Å². The van der Waals surface area contributed by atoms with Crippen molar-refractivity contribution in [2.45, 2.75) is 125 Å². The fraction of sp³-hybridized carbons (Fsp3) is 0.460. The van der Waals surface area contributed by atoms with E-state index in [1.807, 2.05) is 74.7 Å². The van der Waals surface area contributed by atoms with Crippen molar-refractivity contribution in [1.82, 2.24) is 20.2 Å². The van der Waals surface area contributed by atoms with Crippen LogP contribution in [-0.2, 0) is 72.2 Å². The predicted octanol–water partition coefficient (Wildman–Crippen LogP) is -10.3. The number of aliphatic hydroxyl groups excluding tert-OH is 1. The third-order valence-electron chi connectivity index (χ3n) is 13.7. The normalized spacial score (nSPS) is 20.1. The molecule has 37 heteroatoms. The van der Waals surface area contributed by atoms with E-state index in [1.54, 1.807) is 12.1 Å². The molecule has 0 bridgehead atoms. The molecule has 0 saturated carbocycles. The van der Waals surface area contributed by atoms with E-state index in [9.17, 15) is 78.6 Å². The number of amides is 2. The molecule has 2 amide bonds. The van der Waals surface area contributed by atoms with Gasteiger partial charge in [0.25, 0.3) is 29.0 Å². The van der Waals surface area contributed by atoms with Crippen molar-refractivity contribution in [3.05, 3.63) is 116 Å². The van der Waals surface area contributed by atoms with E-state index in [4.69, 9.17) is 9.63 Å². The summed E-state index contributed by atoms with van der Waals surface area (Å²) in [5.41, 5.74) is 1.11. The summed E-state index contributed by atoms with van der Waals surface area (Å²) >= 11 is 0. The summed E-state index contributed by atoms with van der Waals surface area (Å²) in [6.07, 6.45) is 9.63. The molecule has 3 aromatic rings. The summed E-state index contributed by atoms with van der Waals surface area (Å²) in [6.45, 7) is 7.38. The maximum atomic E-state index is 12.7. The van der Waals surface area contributed by atoms with Crippen LogP contribution in [-0.4, -0.2) is 113 Å². The topological polar surface area (TPSA) is 431 Å². The number of hydrogen-bond acceptors (Lipinski definition) is 22. The van der Waals surface area contributed by atoms with Gasteiger partial charge in [-0.15, -0.1) is 0 Å². The van der Waals surface area contributed by atoms with E-state index < -0.39 is 90.8 Å². The average Bonchev–Trinajstić information content (AvgIpc) is 1.62. The molecular weight excluding hydrogens is 1220 g/mol. The Labute approximate surface area is 551 Å². The molecule has 6 rings (SSSR count). The number of benzene rings is 2. The van der Waals surface area contributed by atoms with Crippen LogP contribution < -0.4 is 117 Å². The van der Waals surface area contributed by atoms with Gasteiger partial charge in [0.2, 0.25) is 17.5 Å². The SMILES string of the molecule is C[N+]1=C(C=CC=CC=C2N(CCCCCC(=O)NCCCCCC(=O)NCC#Cc3cn([C@H]4C[C@H](O)[C@@H](COP(=O)([O-])OP(=O)([O-])OP(=O)([O-])O)O4)c(=O)[nH]c3=O)c3ccc(S(=O)(=O)[O-])cc3C2(C)C)C(C)(C)c2cc(S(=O)(=O)[O-])ccc21.[Li+].[Li+].[Li+].[Li+]. The van der Waals surface area contributed by atoms with Crippen molar-refractivity contribution in [3.8, 4) is 11.8 Å². The van der Waals surface area contributed by atoms with E-state index in [0.717, 1.165) is 33.5 Å². The maximum absolute atomic E-state index is 12.7. The van der Waals surface area contributed by atoms with Gasteiger partial charge < -0.3 is 58.6 Å². The third kappa shape index (κ3) is 22.0. The molecule has 6 atom stereocenters. The Morgan fingerprint density at radius 2 is 1.43 bits per heavy atom. The van der Waals surface area contributed by atoms with Crippen molar-refractivity contribution in [3.63, 3.8) is 0 Å². The Morgan fingerprint density at radius 1 is 0.828 bits per heavy atom. The smallest absolute Gasteiger partial charge is 0.756 e. The second kappa shape index (κ2) is 32.9. The van der Waals surface area contributed by atoms with Gasteiger partial charge >= 0.3 is 81.1 Å². The first-order valence-electron chi connectivity index (χ1n) is 25.6. The Hall–Kier alpha value is -3.15. The van der Waals surface area contributed by atoms with Gasteiger partial charge in [-0.25, -0.2) is 30.3 Å². The molecule has 4 heterocycles. The number of phosphoric acid groups is 3. The van der Waals surface area contributed by atoms with Crippen molar-refractivity contribution in [2.75, 3.05) is 38.2 Å². The first-order valence-corrected chi connectivity index (χ1v) is 32.8. The zero-order chi connectivity index (χ0) is 61.5. The summed E-state index contributed by atoms with van der Waals surface area (Å²) < 4.78 is 125. The Kier molecular flexibility index (Phi) is 30.2. The molecule has 3 aliphatic rings. The van der Waals surface area contributed by atoms with Crippen molar-refractivity contribution in [1.29, 1.82) is 0 Å². The molecular formula is C50H61Li4N6O22P3S2. The van der Waals surface area contributed by atoms with Crippen LogP contribution in [0.3, 0.4) is 0 Å². The number of fused-ring (bicyclic) bond motifs is 2. The number of aromatic amines is 1. The second-order valence-electron chi connectivity index (χ2n) is 20.4. The summed E-state index contributed by atoms with van der Waals surface area (Å²) in [5, 5.41) is 15.8. The molecule has 1 aromatic heterocycles. The van der Waals surface area contributed by atoms with E-state index in [-0.39, 0.29) is 128 Å². The van der Waals surface area contributed by atoms with Gasteiger partial charge in [0.1, 0.15) is 45.2 Å². The van der Waals surface area contributed by atoms with Crippen LogP contribution in [0.15, 0.2) is 98.1 Å². The number of carbonyl (C=O) groups is 2. The number of aromatic nitrogens is 2. The number of ether oxygens (including phenoxy) is 1. The molecule has 2 aromatic carbocycles. The van der Waals surface area contributed by atoms with E-state index in [2.05, 4.69) is 40.5 Å². The summed E-state index contributed by atoms with van der Waals surface area (Å²) in [5.74, 6) is 4.60. The average molecular weight is 1280 g/mol. The Bertz CT molecular complexity index is 3710. The van der Waals surface area contributed by atoms with Crippen LogP contribution in [0.25, 0.3) is 0 Å². The number of nitrogens with zero attached hydrogens (tertiary/aromatic N) is 3. The third-order valence-corrected chi connectivity index (χ3v) is 19.1. The van der Waals surface area contributed by atoms with E-state index >= 15 is 0 Å². The number of anilines is 1. The van der Waals surface area contributed by atoms with Gasteiger partial charge in [-0.3, -0.25) is 37.6 Å². The summed E-state index contributed by atoms with van der Waals surface area (Å²) in [4.78, 5) is 96.1. The number of aliphatic hydroxyl groups is 1. The summed E-state index contributed by atoms with van der Waals surface area (Å²) in [7, 11) is -25.6. The quantitative estimate of drug-likeness (QED) is 0.00947. The van der Waals surface area contributed by atoms with Crippen LogP contribution in [0.2, 0.25) is 0 Å². The number of hydrogen-bond donors (Lipinski definition) is 5. The van der Waals surface area contributed by atoms with Crippen molar-refractivity contribution < 1.29 is 172 Å². The van der Waals surface area contributed by atoms with Gasteiger partial charge in [0.15, 0.2) is 5.71 Å². The summed E-state index contributed by atoms with van der Waals surface area (Å²) in [6, 6.07) is 8.67. The number of unbranched alkanes of at least 4 members (excludes halogenated alkanes) is 4. The fourth-order valence-corrected chi connectivity index (χ4v) is 13.6. The van der Waals surface area contributed by atoms with Crippen molar-refractivity contribution >= 4 is 72.6 Å². The Balaban J connectivity index is 0.00000645. The minimum absolute atomic E-state index is 0. The number of nitrogens with one attached hydrogen (secondary N) is 3. The van der Waals surface area contributed by atoms with Gasteiger partial charge in [0.05, 0.1) is 34.5 Å². The molecule has 0 aliphatic carbocycles. The molecule has 28 nitrogen and oxygen atoms in total. The van der Waals surface area contributed by atoms with Gasteiger partial charge in [-0.05, 0) is 81.5 Å². The Morgan fingerprint density at radius 3 is 2.05 bits per heavy atom. The number of allylic oxidation sites excluding steroid dienone is 6. The van der Waals surface area contributed by atoms with Crippen LogP contribution >= 0.6 is 23.5 Å². The molecule has 3 aliphatic heterocycles. The van der Waals surface area contributed by atoms with Crippen LogP contribution in [0.1, 0.15) is 108 Å². The monoisotopic (exact) mass is 1280 g/mol. The number of phosphoric ester groups is 1. The maximum Gasteiger partial charge on any atom is 1.00 e. The minimum atomic E-state index is -6.18. The second-order valence-corrected chi connectivity index (χ2v) is 27.5. The van der Waals surface area contributed by atoms with Crippen LogP contribution in [0.4, 0.5) is 11.4 Å². The molecule has 454 valence electrons. The molecule has 0 spiro atoms. The largest absolute Gasteiger partial charge is 1.00 e. The van der Waals surface area contributed by atoms with Crippen molar-refractivity contribution in [2.24, 2.45) is 0 Å². The van der Waals surface area contributed by atoms with E-state index in [0.29, 0.717) is 62.7 Å². The minimum Gasteiger partial charge on any atom is -0.756 e. The molecule has 87 heavy (non-hydrogen) atoms. The van der Waals surface area contributed by atoms with Gasteiger partial charge in [0, 0.05) is 73.1 Å². The number of carbonyl (C=O) groups excluding carboxylic acids is 2. The molecule has 5 N–H and O–H groups in total. The molecule has 3 unspecified atom stereocenters.